The standard InChI is InChI=1S/C36H47N5O4/c1-24-34(44-3)19-18-33(39-24)26-12-10-25(11-13-26)22-40(35(42)27-14-16-32(17-15-27)45-36(43)37-2)31-9-4-6-28(20-31)29-21-38-41(23-29)30-7-5-8-30/h4,6,9,18-21,23,25-27,30,32H,5,7-8,10-17,22H2,1-3H3,(H,37,43)/t25-,26-,27-,32-. The second-order valence-corrected chi connectivity index (χ2v) is 13.2. The molecule has 2 heterocycles. The molecular formula is C36H47N5O4. The molecule has 240 valence electrons. The predicted octanol–water partition coefficient (Wildman–Crippen LogP) is 7.21. The zero-order chi connectivity index (χ0) is 31.3. The molecule has 0 spiro atoms. The predicted molar refractivity (Wildman–Crippen MR) is 174 cm³/mol. The van der Waals surface area contributed by atoms with Gasteiger partial charge in [0.05, 0.1) is 25.0 Å². The first-order valence-corrected chi connectivity index (χ1v) is 16.8. The van der Waals surface area contributed by atoms with Gasteiger partial charge in [0.15, 0.2) is 0 Å². The highest BCUT2D eigenvalue weighted by Crippen LogP contribution is 2.39. The number of hydrogen-bond acceptors (Lipinski definition) is 6. The average molecular weight is 614 g/mol. The summed E-state index contributed by atoms with van der Waals surface area (Å²) in [5, 5.41) is 7.19. The number of methoxy groups -OCH3 is 1. The molecule has 9 heteroatoms. The van der Waals surface area contributed by atoms with Crippen LogP contribution in [0.3, 0.4) is 0 Å². The fourth-order valence-corrected chi connectivity index (χ4v) is 7.28. The number of aromatic nitrogens is 3. The lowest BCUT2D eigenvalue weighted by Gasteiger charge is -2.36. The van der Waals surface area contributed by atoms with Crippen molar-refractivity contribution in [3.8, 4) is 16.9 Å². The van der Waals surface area contributed by atoms with E-state index in [9.17, 15) is 9.59 Å². The van der Waals surface area contributed by atoms with Crippen molar-refractivity contribution in [2.24, 2.45) is 11.8 Å². The van der Waals surface area contributed by atoms with E-state index in [4.69, 9.17) is 14.5 Å². The summed E-state index contributed by atoms with van der Waals surface area (Å²) in [5.41, 5.74) is 5.20. The van der Waals surface area contributed by atoms with Gasteiger partial charge in [-0.25, -0.2) is 4.79 Å². The minimum atomic E-state index is -0.403. The van der Waals surface area contributed by atoms with Crippen molar-refractivity contribution in [3.05, 3.63) is 60.2 Å². The van der Waals surface area contributed by atoms with Gasteiger partial charge in [0.25, 0.3) is 0 Å². The van der Waals surface area contributed by atoms with Crippen LogP contribution in [-0.4, -0.2) is 53.6 Å². The number of nitrogens with zero attached hydrogens (tertiary/aromatic N) is 4. The van der Waals surface area contributed by atoms with Gasteiger partial charge in [-0.15, -0.1) is 0 Å². The summed E-state index contributed by atoms with van der Waals surface area (Å²) in [6.07, 6.45) is 14.3. The fraction of sp³-hybridized carbons (Fsp3) is 0.556. The van der Waals surface area contributed by atoms with E-state index >= 15 is 0 Å². The van der Waals surface area contributed by atoms with E-state index in [-0.39, 0.29) is 17.9 Å². The zero-order valence-electron chi connectivity index (χ0n) is 26.9. The van der Waals surface area contributed by atoms with E-state index in [1.807, 2.05) is 19.2 Å². The molecule has 1 N–H and O–H groups in total. The highest BCUT2D eigenvalue weighted by Gasteiger charge is 2.34. The second-order valence-electron chi connectivity index (χ2n) is 13.2. The zero-order valence-corrected chi connectivity index (χ0v) is 26.9. The SMILES string of the molecule is CNC(=O)O[C@H]1CC[C@H](C(=O)N(C[C@H]2CC[C@H](c3ccc(OC)c(C)n3)CC2)c2cccc(-c3cnn(C4CCC4)c3)c2)CC1. The number of benzene rings is 1. The maximum absolute atomic E-state index is 14.3. The molecule has 9 nitrogen and oxygen atoms in total. The van der Waals surface area contributed by atoms with Crippen molar-refractivity contribution in [2.45, 2.75) is 95.6 Å². The van der Waals surface area contributed by atoms with E-state index < -0.39 is 6.09 Å². The van der Waals surface area contributed by atoms with Crippen LogP contribution in [0.1, 0.15) is 94.0 Å². The van der Waals surface area contributed by atoms with Crippen LogP contribution in [0.4, 0.5) is 10.5 Å². The Hall–Kier alpha value is -3.88. The molecule has 3 aromatic rings. The smallest absolute Gasteiger partial charge is 0.407 e. The lowest BCUT2D eigenvalue weighted by atomic mass is 9.79. The second kappa shape index (κ2) is 14.0. The third-order valence-corrected chi connectivity index (χ3v) is 10.3. The fourth-order valence-electron chi connectivity index (χ4n) is 7.28. The number of hydrogen-bond donors (Lipinski definition) is 1. The normalized spacial score (nSPS) is 23.5. The number of pyridine rings is 1. The van der Waals surface area contributed by atoms with E-state index in [1.165, 1.54) is 19.3 Å². The van der Waals surface area contributed by atoms with Crippen LogP contribution >= 0.6 is 0 Å². The van der Waals surface area contributed by atoms with Crippen molar-refractivity contribution in [3.63, 3.8) is 0 Å². The Kier molecular flexibility index (Phi) is 9.71. The monoisotopic (exact) mass is 613 g/mol. The molecule has 0 radical (unpaired) electrons. The average Bonchev–Trinajstić information content (AvgIpc) is 3.52. The number of rotatable bonds is 9. The van der Waals surface area contributed by atoms with Crippen LogP contribution < -0.4 is 15.0 Å². The van der Waals surface area contributed by atoms with E-state index in [2.05, 4.69) is 56.5 Å². The Morgan fingerprint density at radius 2 is 1.76 bits per heavy atom. The van der Waals surface area contributed by atoms with Gasteiger partial charge in [-0.1, -0.05) is 12.1 Å². The van der Waals surface area contributed by atoms with Crippen molar-refractivity contribution in [2.75, 3.05) is 25.6 Å². The molecule has 3 aliphatic carbocycles. The molecule has 2 aromatic heterocycles. The Morgan fingerprint density at radius 3 is 2.42 bits per heavy atom. The molecule has 45 heavy (non-hydrogen) atoms. The van der Waals surface area contributed by atoms with Crippen molar-refractivity contribution in [1.29, 1.82) is 0 Å². The van der Waals surface area contributed by atoms with Gasteiger partial charge in [-0.2, -0.15) is 5.10 Å². The molecule has 0 atom stereocenters. The first-order valence-electron chi connectivity index (χ1n) is 16.8. The summed E-state index contributed by atoms with van der Waals surface area (Å²) in [6, 6.07) is 13.1. The third-order valence-electron chi connectivity index (χ3n) is 10.3. The van der Waals surface area contributed by atoms with Crippen molar-refractivity contribution < 1.29 is 19.1 Å². The van der Waals surface area contributed by atoms with Crippen molar-refractivity contribution in [1.82, 2.24) is 20.1 Å². The number of anilines is 1. The quantitative estimate of drug-likeness (QED) is 0.274. The molecular weight excluding hydrogens is 566 g/mol. The van der Waals surface area contributed by atoms with Crippen LogP contribution in [0, 0.1) is 18.8 Å². The molecule has 0 saturated heterocycles. The first kappa shape index (κ1) is 31.1. The lowest BCUT2D eigenvalue weighted by molar-refractivity contribution is -0.124. The highest BCUT2D eigenvalue weighted by atomic mass is 16.6. The number of aryl methyl sites for hydroxylation is 1. The van der Waals surface area contributed by atoms with Gasteiger partial charge in [0, 0.05) is 48.6 Å². The first-order chi connectivity index (χ1) is 21.9. The molecule has 0 aliphatic heterocycles. The van der Waals surface area contributed by atoms with Crippen LogP contribution in [0.25, 0.3) is 11.1 Å². The number of carbonyl (C=O) groups is 2. The van der Waals surface area contributed by atoms with Gasteiger partial charge in [-0.3, -0.25) is 14.5 Å². The Balaban J connectivity index is 1.17. The number of alkyl carbamates (subject to hydrolysis) is 1. The van der Waals surface area contributed by atoms with E-state index in [0.717, 1.165) is 72.5 Å². The molecule has 6 rings (SSSR count). The Morgan fingerprint density at radius 1 is 0.978 bits per heavy atom. The van der Waals surface area contributed by atoms with E-state index in [0.29, 0.717) is 37.3 Å². The van der Waals surface area contributed by atoms with Gasteiger partial charge < -0.3 is 19.7 Å². The highest BCUT2D eigenvalue weighted by molar-refractivity contribution is 5.95. The molecule has 0 unspecified atom stereocenters. The topological polar surface area (TPSA) is 98.6 Å². The minimum Gasteiger partial charge on any atom is -0.495 e. The summed E-state index contributed by atoms with van der Waals surface area (Å²) in [7, 11) is 3.26. The molecule has 3 saturated carbocycles. The summed E-state index contributed by atoms with van der Waals surface area (Å²) in [4.78, 5) is 33.0. The molecule has 2 amide bonds. The Bertz CT molecular complexity index is 1470. The van der Waals surface area contributed by atoms with Crippen molar-refractivity contribution >= 4 is 17.7 Å². The minimum absolute atomic E-state index is 0.0811. The summed E-state index contributed by atoms with van der Waals surface area (Å²) >= 11 is 0. The van der Waals surface area contributed by atoms with Crippen LogP contribution in [0.15, 0.2) is 48.8 Å². The summed E-state index contributed by atoms with van der Waals surface area (Å²) in [5.74, 6) is 1.78. The lowest BCUT2D eigenvalue weighted by Crippen LogP contribution is -2.42. The maximum atomic E-state index is 14.3. The number of amides is 2. The van der Waals surface area contributed by atoms with E-state index in [1.54, 1.807) is 14.2 Å². The Labute approximate surface area is 266 Å². The summed E-state index contributed by atoms with van der Waals surface area (Å²) < 4.78 is 13.0. The number of carbonyl (C=O) groups excluding carboxylic acids is 2. The molecule has 3 fully saturated rings. The molecule has 1 aromatic carbocycles. The van der Waals surface area contributed by atoms with Gasteiger partial charge in [0.1, 0.15) is 11.9 Å². The number of ether oxygens (including phenoxy) is 2. The van der Waals surface area contributed by atoms with Gasteiger partial charge in [-0.05, 0) is 113 Å². The van der Waals surface area contributed by atoms with Crippen LogP contribution in [-0.2, 0) is 9.53 Å². The number of nitrogens with one attached hydrogen (secondary N) is 1. The molecule has 0 bridgehead atoms. The summed E-state index contributed by atoms with van der Waals surface area (Å²) in [6.45, 7) is 2.71. The molecule has 3 aliphatic rings. The van der Waals surface area contributed by atoms with Crippen LogP contribution in [0.5, 0.6) is 5.75 Å². The van der Waals surface area contributed by atoms with Crippen LogP contribution in [0.2, 0.25) is 0 Å². The maximum Gasteiger partial charge on any atom is 0.407 e. The largest absolute Gasteiger partial charge is 0.495 e. The van der Waals surface area contributed by atoms with Gasteiger partial charge >= 0.3 is 6.09 Å². The van der Waals surface area contributed by atoms with Gasteiger partial charge in [0.2, 0.25) is 5.91 Å². The third kappa shape index (κ3) is 7.18.